The minimum absolute atomic E-state index is 0.0947. The number of nitrogens with one attached hydrogen (secondary N) is 1. The number of benzene rings is 1. The van der Waals surface area contributed by atoms with Gasteiger partial charge in [-0.05, 0) is 43.0 Å². The van der Waals surface area contributed by atoms with E-state index in [0.29, 0.717) is 30.1 Å². The van der Waals surface area contributed by atoms with Crippen molar-refractivity contribution in [3.8, 4) is 0 Å². The predicted octanol–water partition coefficient (Wildman–Crippen LogP) is 1.74. The first-order valence-electron chi connectivity index (χ1n) is 6.82. The molecule has 0 saturated carbocycles. The summed E-state index contributed by atoms with van der Waals surface area (Å²) in [6, 6.07) is 6.59. The van der Waals surface area contributed by atoms with Crippen LogP contribution in [0.4, 0.5) is 5.69 Å². The van der Waals surface area contributed by atoms with Gasteiger partial charge in [0.1, 0.15) is 0 Å². The van der Waals surface area contributed by atoms with E-state index >= 15 is 0 Å². The predicted molar refractivity (Wildman–Crippen MR) is 80.2 cm³/mol. The summed E-state index contributed by atoms with van der Waals surface area (Å²) in [5, 5.41) is 2.77. The maximum atomic E-state index is 12.0. The normalized spacial score (nSPS) is 12.2. The van der Waals surface area contributed by atoms with Gasteiger partial charge < -0.3 is 16.8 Å². The Labute approximate surface area is 119 Å². The lowest BCUT2D eigenvalue weighted by Crippen LogP contribution is -2.23. The average molecular weight is 277 g/mol. The highest BCUT2D eigenvalue weighted by Crippen LogP contribution is 2.16. The number of amides is 2. The Balaban J connectivity index is 2.61. The number of carbonyl (C=O) groups excluding carboxylic acids is 2. The number of hydrogen-bond donors (Lipinski definition) is 3. The first kappa shape index (κ1) is 16.2. The molecule has 0 unspecified atom stereocenters. The van der Waals surface area contributed by atoms with Gasteiger partial charge in [0.15, 0.2) is 0 Å². The number of rotatable bonds is 7. The monoisotopic (exact) mass is 277 g/mol. The summed E-state index contributed by atoms with van der Waals surface area (Å²) >= 11 is 0. The van der Waals surface area contributed by atoms with E-state index in [2.05, 4.69) is 19.2 Å². The van der Waals surface area contributed by atoms with Crippen molar-refractivity contribution in [2.75, 3.05) is 11.9 Å². The zero-order valence-corrected chi connectivity index (χ0v) is 12.1. The lowest BCUT2D eigenvalue weighted by Gasteiger charge is -2.16. The molecule has 5 N–H and O–H groups in total. The van der Waals surface area contributed by atoms with Gasteiger partial charge in [-0.15, -0.1) is 0 Å². The maximum absolute atomic E-state index is 12.0. The van der Waals surface area contributed by atoms with E-state index in [1.807, 2.05) is 0 Å². The van der Waals surface area contributed by atoms with Crippen LogP contribution in [0.3, 0.4) is 0 Å². The van der Waals surface area contributed by atoms with Crippen LogP contribution in [0.15, 0.2) is 24.3 Å². The fraction of sp³-hybridized carbons (Fsp3) is 0.467. The summed E-state index contributed by atoms with van der Waals surface area (Å²) in [7, 11) is 0. The second-order valence-electron chi connectivity index (χ2n) is 5.43. The number of carbonyl (C=O) groups is 2. The molecule has 1 aromatic carbocycles. The number of anilines is 1. The first-order chi connectivity index (χ1) is 9.42. The van der Waals surface area contributed by atoms with Crippen molar-refractivity contribution < 1.29 is 9.59 Å². The summed E-state index contributed by atoms with van der Waals surface area (Å²) in [5.74, 6) is 0.0762. The zero-order valence-electron chi connectivity index (χ0n) is 12.1. The Morgan fingerprint density at radius 2 is 2.00 bits per heavy atom. The molecule has 0 fully saturated rings. The third-order valence-electron chi connectivity index (χ3n) is 3.04. The Morgan fingerprint density at radius 3 is 2.55 bits per heavy atom. The van der Waals surface area contributed by atoms with Crippen LogP contribution in [-0.4, -0.2) is 18.4 Å². The van der Waals surface area contributed by atoms with Crippen molar-refractivity contribution in [1.29, 1.82) is 0 Å². The second kappa shape index (κ2) is 7.65. The summed E-state index contributed by atoms with van der Waals surface area (Å²) in [4.78, 5) is 23.0. The lowest BCUT2D eigenvalue weighted by molar-refractivity contribution is -0.117. The Kier molecular flexibility index (Phi) is 6.18. The summed E-state index contributed by atoms with van der Waals surface area (Å²) in [6.45, 7) is 4.71. The van der Waals surface area contributed by atoms with Crippen molar-refractivity contribution in [3.63, 3.8) is 0 Å². The van der Waals surface area contributed by atoms with E-state index in [4.69, 9.17) is 11.5 Å². The summed E-state index contributed by atoms with van der Waals surface area (Å²) in [5.41, 5.74) is 11.8. The van der Waals surface area contributed by atoms with E-state index in [-0.39, 0.29) is 11.8 Å². The molecule has 1 aromatic rings. The van der Waals surface area contributed by atoms with Crippen molar-refractivity contribution >= 4 is 17.5 Å². The number of nitrogens with two attached hydrogens (primary N) is 2. The fourth-order valence-corrected chi connectivity index (χ4v) is 2.15. The molecule has 0 spiro atoms. The fourth-order valence-electron chi connectivity index (χ4n) is 2.15. The standard InChI is InChI=1S/C15H23N3O2/c1-10(2)6-11(9-16)7-14(19)18-13-5-3-4-12(8-13)15(17)20/h3-5,8,10-11H,6-7,9,16H2,1-2H3,(H2,17,20)(H,18,19)/t11-/m0/s1. The molecule has 0 aromatic heterocycles. The minimum Gasteiger partial charge on any atom is -0.366 e. The molecule has 0 aliphatic heterocycles. The highest BCUT2D eigenvalue weighted by molar-refractivity contribution is 5.96. The Bertz CT molecular complexity index is 472. The van der Waals surface area contributed by atoms with Crippen LogP contribution in [0.1, 0.15) is 37.0 Å². The van der Waals surface area contributed by atoms with Gasteiger partial charge in [0.05, 0.1) is 0 Å². The third kappa shape index (κ3) is 5.40. The van der Waals surface area contributed by atoms with Crippen LogP contribution in [0, 0.1) is 11.8 Å². The quantitative estimate of drug-likeness (QED) is 0.708. The number of primary amides is 1. The molecular weight excluding hydrogens is 254 g/mol. The molecule has 0 saturated heterocycles. The van der Waals surface area contributed by atoms with E-state index in [1.165, 1.54) is 0 Å². The van der Waals surface area contributed by atoms with Crippen molar-refractivity contribution in [3.05, 3.63) is 29.8 Å². The van der Waals surface area contributed by atoms with Crippen LogP contribution < -0.4 is 16.8 Å². The molecule has 20 heavy (non-hydrogen) atoms. The van der Waals surface area contributed by atoms with E-state index in [9.17, 15) is 9.59 Å². The van der Waals surface area contributed by atoms with Gasteiger partial charge in [-0.1, -0.05) is 19.9 Å². The minimum atomic E-state index is -0.513. The molecule has 0 aliphatic rings. The van der Waals surface area contributed by atoms with E-state index in [1.54, 1.807) is 24.3 Å². The first-order valence-corrected chi connectivity index (χ1v) is 6.82. The van der Waals surface area contributed by atoms with Gasteiger partial charge >= 0.3 is 0 Å². The van der Waals surface area contributed by atoms with Crippen molar-refractivity contribution in [2.45, 2.75) is 26.7 Å². The molecular formula is C15H23N3O2. The van der Waals surface area contributed by atoms with Crippen LogP contribution in [0.2, 0.25) is 0 Å². The highest BCUT2D eigenvalue weighted by atomic mass is 16.2. The van der Waals surface area contributed by atoms with Gasteiger partial charge in [0, 0.05) is 17.7 Å². The largest absolute Gasteiger partial charge is 0.366 e. The molecule has 2 amide bonds. The summed E-state index contributed by atoms with van der Waals surface area (Å²) < 4.78 is 0. The van der Waals surface area contributed by atoms with Crippen LogP contribution >= 0.6 is 0 Å². The smallest absolute Gasteiger partial charge is 0.248 e. The molecule has 1 atom stereocenters. The van der Waals surface area contributed by atoms with Gasteiger partial charge in [-0.3, -0.25) is 9.59 Å². The maximum Gasteiger partial charge on any atom is 0.248 e. The Hall–Kier alpha value is -1.88. The van der Waals surface area contributed by atoms with Gasteiger partial charge in [0.25, 0.3) is 0 Å². The number of hydrogen-bond acceptors (Lipinski definition) is 3. The SMILES string of the molecule is CC(C)C[C@H](CN)CC(=O)Nc1cccc(C(N)=O)c1. The third-order valence-corrected chi connectivity index (χ3v) is 3.04. The zero-order chi connectivity index (χ0) is 15.1. The lowest BCUT2D eigenvalue weighted by atomic mass is 9.94. The van der Waals surface area contributed by atoms with Gasteiger partial charge in [-0.25, -0.2) is 0 Å². The molecule has 5 heteroatoms. The molecule has 1 rings (SSSR count). The Morgan fingerprint density at radius 1 is 1.30 bits per heavy atom. The average Bonchev–Trinajstić information content (AvgIpc) is 2.37. The van der Waals surface area contributed by atoms with Crippen LogP contribution in [-0.2, 0) is 4.79 Å². The topological polar surface area (TPSA) is 98.2 Å². The molecule has 0 bridgehead atoms. The molecule has 0 aliphatic carbocycles. The molecule has 5 nitrogen and oxygen atoms in total. The van der Waals surface area contributed by atoms with E-state index in [0.717, 1.165) is 6.42 Å². The van der Waals surface area contributed by atoms with Crippen molar-refractivity contribution in [1.82, 2.24) is 0 Å². The second-order valence-corrected chi connectivity index (χ2v) is 5.43. The van der Waals surface area contributed by atoms with Gasteiger partial charge in [0.2, 0.25) is 11.8 Å². The highest BCUT2D eigenvalue weighted by Gasteiger charge is 2.14. The van der Waals surface area contributed by atoms with E-state index < -0.39 is 5.91 Å². The van der Waals surface area contributed by atoms with Crippen LogP contribution in [0.5, 0.6) is 0 Å². The molecule has 0 radical (unpaired) electrons. The molecule has 0 heterocycles. The van der Waals surface area contributed by atoms with Crippen LogP contribution in [0.25, 0.3) is 0 Å². The molecule has 110 valence electrons. The van der Waals surface area contributed by atoms with Crippen molar-refractivity contribution in [2.24, 2.45) is 23.3 Å². The summed E-state index contributed by atoms with van der Waals surface area (Å²) in [6.07, 6.45) is 1.31. The van der Waals surface area contributed by atoms with Gasteiger partial charge in [-0.2, -0.15) is 0 Å².